The summed E-state index contributed by atoms with van der Waals surface area (Å²) in [4.78, 5) is 3.67. The number of rotatable bonds is 5. The number of alkyl halides is 3. The first-order valence-electron chi connectivity index (χ1n) is 7.81. The van der Waals surface area contributed by atoms with Gasteiger partial charge in [-0.25, -0.2) is 9.37 Å². The van der Waals surface area contributed by atoms with Crippen LogP contribution in [0, 0.1) is 12.7 Å². The largest absolute Gasteiger partial charge is 0.463 e. The lowest BCUT2D eigenvalue weighted by molar-refractivity contribution is -0.190. The van der Waals surface area contributed by atoms with Crippen LogP contribution in [0.2, 0.25) is 0 Å². The monoisotopic (exact) mass is 385 g/mol. The molecule has 0 fully saturated rings. The molecule has 11 heteroatoms. The van der Waals surface area contributed by atoms with Gasteiger partial charge in [0.25, 0.3) is 5.88 Å². The first-order valence-corrected chi connectivity index (χ1v) is 7.81. The van der Waals surface area contributed by atoms with E-state index < -0.39 is 24.0 Å². The van der Waals surface area contributed by atoms with Gasteiger partial charge in [-0.1, -0.05) is 0 Å². The van der Waals surface area contributed by atoms with Gasteiger partial charge in [0.2, 0.25) is 0 Å². The van der Waals surface area contributed by atoms with Gasteiger partial charge in [-0.3, -0.25) is 0 Å². The van der Waals surface area contributed by atoms with Crippen molar-refractivity contribution in [3.8, 4) is 17.1 Å². The number of halogens is 4. The molecule has 3 rings (SSSR count). The van der Waals surface area contributed by atoms with Gasteiger partial charge in [0.05, 0.1) is 5.69 Å². The highest BCUT2D eigenvalue weighted by molar-refractivity contribution is 5.64. The minimum Gasteiger partial charge on any atom is -0.463 e. The summed E-state index contributed by atoms with van der Waals surface area (Å²) in [5, 5.41) is 12.3. The van der Waals surface area contributed by atoms with Crippen molar-refractivity contribution in [3.63, 3.8) is 0 Å². The fraction of sp³-hybridized carbons (Fsp3) is 0.375. The molecule has 7 nitrogen and oxygen atoms in total. The average Bonchev–Trinajstić information content (AvgIpc) is 2.97. The summed E-state index contributed by atoms with van der Waals surface area (Å²) in [5.41, 5.74) is 1.80. The first-order chi connectivity index (χ1) is 12.7. The summed E-state index contributed by atoms with van der Waals surface area (Å²) in [7, 11) is 1.50. The van der Waals surface area contributed by atoms with Crippen LogP contribution < -0.4 is 4.74 Å². The van der Waals surface area contributed by atoms with E-state index in [1.807, 2.05) is 0 Å². The van der Waals surface area contributed by atoms with Crippen molar-refractivity contribution in [2.45, 2.75) is 32.7 Å². The second-order valence-electron chi connectivity index (χ2n) is 5.81. The van der Waals surface area contributed by atoms with Gasteiger partial charge in [0.1, 0.15) is 6.61 Å². The topological polar surface area (TPSA) is 74.4 Å². The third kappa shape index (κ3) is 3.82. The van der Waals surface area contributed by atoms with E-state index in [1.54, 1.807) is 13.0 Å². The minimum absolute atomic E-state index is 0.172. The molecule has 144 valence electrons. The molecule has 0 aromatic carbocycles. The van der Waals surface area contributed by atoms with Crippen LogP contribution in [-0.4, -0.2) is 44.2 Å². The second kappa shape index (κ2) is 7.06. The molecule has 3 aromatic heterocycles. The van der Waals surface area contributed by atoms with Crippen LogP contribution in [0.25, 0.3) is 16.9 Å². The predicted molar refractivity (Wildman–Crippen MR) is 85.6 cm³/mol. The number of aryl methyl sites for hydroxylation is 1. The Balaban J connectivity index is 1.98. The second-order valence-corrected chi connectivity index (χ2v) is 5.81. The maximum atomic E-state index is 14.2. The third-order valence-electron chi connectivity index (χ3n) is 3.75. The lowest BCUT2D eigenvalue weighted by Crippen LogP contribution is -2.31. The Bertz CT molecular complexity index is 973. The lowest BCUT2D eigenvalue weighted by atomic mass is 10.1. The molecule has 0 saturated heterocycles. The highest BCUT2D eigenvalue weighted by Gasteiger charge is 2.38. The molecule has 0 saturated carbocycles. The number of methoxy groups -OCH3 is 1. The van der Waals surface area contributed by atoms with Crippen LogP contribution >= 0.6 is 0 Å². The van der Waals surface area contributed by atoms with Crippen molar-refractivity contribution < 1.29 is 27.0 Å². The smallest absolute Gasteiger partial charge is 0.425 e. The molecule has 0 aliphatic carbocycles. The third-order valence-corrected chi connectivity index (χ3v) is 3.75. The fourth-order valence-corrected chi connectivity index (χ4v) is 2.35. The Morgan fingerprint density at radius 3 is 2.59 bits per heavy atom. The zero-order valence-corrected chi connectivity index (χ0v) is 14.6. The Kier molecular flexibility index (Phi) is 4.96. The molecule has 0 spiro atoms. The van der Waals surface area contributed by atoms with Crippen LogP contribution in [0.4, 0.5) is 17.6 Å². The molecule has 0 N–H and O–H groups in total. The van der Waals surface area contributed by atoms with Crippen LogP contribution in [0.3, 0.4) is 0 Å². The highest BCUT2D eigenvalue weighted by atomic mass is 19.4. The predicted octanol–water partition coefficient (Wildman–Crippen LogP) is 3.11. The lowest BCUT2D eigenvalue weighted by Gasteiger charge is -2.17. The van der Waals surface area contributed by atoms with Crippen molar-refractivity contribution in [1.29, 1.82) is 0 Å². The van der Waals surface area contributed by atoms with Crippen molar-refractivity contribution in [2.75, 3.05) is 7.11 Å². The summed E-state index contributed by atoms with van der Waals surface area (Å²) in [6.07, 6.45) is -5.61. The Hall–Kier alpha value is -2.82. The van der Waals surface area contributed by atoms with Crippen LogP contribution in [0.15, 0.2) is 18.3 Å². The molecule has 3 aromatic rings. The molecule has 27 heavy (non-hydrogen) atoms. The number of fused-ring (bicyclic) bond motifs is 1. The Morgan fingerprint density at radius 2 is 1.96 bits per heavy atom. The van der Waals surface area contributed by atoms with Crippen molar-refractivity contribution in [3.05, 3.63) is 35.5 Å². The zero-order valence-electron chi connectivity index (χ0n) is 14.6. The van der Waals surface area contributed by atoms with E-state index in [2.05, 4.69) is 25.0 Å². The molecule has 0 bridgehead atoms. The maximum Gasteiger partial charge on any atom is 0.425 e. The molecule has 0 unspecified atom stereocenters. The van der Waals surface area contributed by atoms with E-state index >= 15 is 0 Å². The van der Waals surface area contributed by atoms with Crippen LogP contribution in [-0.2, 0) is 11.3 Å². The van der Waals surface area contributed by atoms with Gasteiger partial charge in [-0.15, -0.1) is 10.2 Å². The zero-order chi connectivity index (χ0) is 19.8. The summed E-state index contributed by atoms with van der Waals surface area (Å²) < 4.78 is 63.0. The minimum atomic E-state index is -4.62. The molecule has 0 aliphatic rings. The number of hydrogen-bond acceptors (Lipinski definition) is 6. The number of hydrogen-bond donors (Lipinski definition) is 0. The summed E-state index contributed by atoms with van der Waals surface area (Å²) in [6, 6.07) is 2.72. The standard InChI is InChI=1S/C16H15F4N5O2/c1-8-4-12-22-23-13(7-26-3)25(12)24-14(8)10-5-11(17)15(21-6-10)27-9(2)16(18,19)20/h4-6,9H,7H2,1-3H3/t9-/m0/s1. The van der Waals surface area contributed by atoms with Gasteiger partial charge in [-0.2, -0.15) is 22.8 Å². The number of nitrogens with zero attached hydrogens (tertiary/aromatic N) is 5. The quantitative estimate of drug-likeness (QED) is 0.629. The van der Waals surface area contributed by atoms with Gasteiger partial charge in [0.15, 0.2) is 23.4 Å². The fourth-order valence-electron chi connectivity index (χ4n) is 2.35. The van der Waals surface area contributed by atoms with Gasteiger partial charge in [0, 0.05) is 18.9 Å². The Labute approximate surface area is 151 Å². The molecular formula is C16H15F4N5O2. The molecular weight excluding hydrogens is 370 g/mol. The molecule has 0 amide bonds. The molecule has 1 atom stereocenters. The summed E-state index contributed by atoms with van der Waals surface area (Å²) in [6.45, 7) is 2.68. The van der Waals surface area contributed by atoms with Gasteiger partial charge < -0.3 is 9.47 Å². The van der Waals surface area contributed by atoms with Crippen molar-refractivity contribution in [2.24, 2.45) is 0 Å². The van der Waals surface area contributed by atoms with E-state index in [0.717, 1.165) is 13.0 Å². The first kappa shape index (κ1) is 19.0. The van der Waals surface area contributed by atoms with E-state index in [9.17, 15) is 17.6 Å². The Morgan fingerprint density at radius 1 is 1.22 bits per heavy atom. The van der Waals surface area contributed by atoms with Gasteiger partial charge in [-0.05, 0) is 31.5 Å². The number of pyridine rings is 1. The molecule has 0 aliphatic heterocycles. The van der Waals surface area contributed by atoms with E-state index in [0.29, 0.717) is 22.7 Å². The van der Waals surface area contributed by atoms with Crippen molar-refractivity contribution in [1.82, 2.24) is 24.8 Å². The normalized spacial score (nSPS) is 13.1. The SMILES string of the molecule is COCc1nnc2cc(C)c(-c3cnc(O[C@@H](C)C(F)(F)F)c(F)c3)nn12. The van der Waals surface area contributed by atoms with Crippen molar-refractivity contribution >= 4 is 5.65 Å². The number of aromatic nitrogens is 5. The summed E-state index contributed by atoms with van der Waals surface area (Å²) in [5.74, 6) is -1.31. The van der Waals surface area contributed by atoms with E-state index in [-0.39, 0.29) is 12.2 Å². The average molecular weight is 385 g/mol. The summed E-state index contributed by atoms with van der Waals surface area (Å²) >= 11 is 0. The van der Waals surface area contributed by atoms with E-state index in [1.165, 1.54) is 17.8 Å². The van der Waals surface area contributed by atoms with Crippen LogP contribution in [0.1, 0.15) is 18.3 Å². The highest BCUT2D eigenvalue weighted by Crippen LogP contribution is 2.28. The maximum absolute atomic E-state index is 14.2. The van der Waals surface area contributed by atoms with Crippen LogP contribution in [0.5, 0.6) is 5.88 Å². The number of ether oxygens (including phenoxy) is 2. The van der Waals surface area contributed by atoms with Gasteiger partial charge >= 0.3 is 6.18 Å². The molecule has 0 radical (unpaired) electrons. The van der Waals surface area contributed by atoms with E-state index in [4.69, 9.17) is 4.74 Å². The molecule has 3 heterocycles.